The molecule has 0 radical (unpaired) electrons. The summed E-state index contributed by atoms with van der Waals surface area (Å²) in [5, 5.41) is 8.83. The molecule has 1 aromatic heterocycles. The Balaban J connectivity index is 2.16. The average molecular weight is 238 g/mol. The number of nitrogens with zero attached hydrogens (tertiary/aromatic N) is 2. The Morgan fingerprint density at radius 1 is 1.53 bits per heavy atom. The van der Waals surface area contributed by atoms with Crippen LogP contribution >= 0.6 is 0 Å². The van der Waals surface area contributed by atoms with Gasteiger partial charge >= 0.3 is 11.7 Å². The Labute approximate surface area is 97.9 Å². The van der Waals surface area contributed by atoms with Crippen LogP contribution in [0, 0.1) is 5.92 Å². The van der Waals surface area contributed by atoms with Crippen LogP contribution in [-0.4, -0.2) is 33.8 Å². The van der Waals surface area contributed by atoms with E-state index in [4.69, 9.17) is 9.84 Å². The number of carbonyl (C=O) groups is 1. The number of hydrogen-bond acceptors (Lipinski definition) is 4. The molecule has 0 aromatic carbocycles. The zero-order valence-electron chi connectivity index (χ0n) is 9.33. The first-order valence-electron chi connectivity index (χ1n) is 5.54. The fraction of sp³-hybridized carbons (Fsp3) is 0.545. The molecular weight excluding hydrogens is 224 g/mol. The van der Waals surface area contributed by atoms with Gasteiger partial charge in [-0.15, -0.1) is 0 Å². The smallest absolute Gasteiger partial charge is 0.347 e. The predicted octanol–water partition coefficient (Wildman–Crippen LogP) is 0.368. The maximum Gasteiger partial charge on any atom is 0.347 e. The molecule has 1 aromatic rings. The van der Waals surface area contributed by atoms with Gasteiger partial charge < -0.3 is 9.84 Å². The summed E-state index contributed by atoms with van der Waals surface area (Å²) in [5.74, 6) is -0.717. The second-order valence-corrected chi connectivity index (χ2v) is 4.14. The van der Waals surface area contributed by atoms with E-state index in [2.05, 4.69) is 4.98 Å². The van der Waals surface area contributed by atoms with E-state index in [1.807, 2.05) is 0 Å². The van der Waals surface area contributed by atoms with Crippen molar-refractivity contribution in [2.75, 3.05) is 13.2 Å². The van der Waals surface area contributed by atoms with Crippen molar-refractivity contribution >= 4 is 5.97 Å². The third kappa shape index (κ3) is 2.91. The molecule has 0 amide bonds. The first kappa shape index (κ1) is 11.8. The molecule has 17 heavy (non-hydrogen) atoms. The van der Waals surface area contributed by atoms with Crippen LogP contribution in [0.3, 0.4) is 0 Å². The Morgan fingerprint density at radius 2 is 2.24 bits per heavy atom. The third-order valence-corrected chi connectivity index (χ3v) is 2.90. The van der Waals surface area contributed by atoms with E-state index in [-0.39, 0.29) is 5.56 Å². The van der Waals surface area contributed by atoms with Crippen molar-refractivity contribution < 1.29 is 14.6 Å². The molecule has 1 fully saturated rings. The fourth-order valence-electron chi connectivity index (χ4n) is 1.90. The van der Waals surface area contributed by atoms with Crippen molar-refractivity contribution in [3.05, 3.63) is 28.4 Å². The standard InChI is InChI=1S/C11H14N2O4/c14-10(15)9-5-12-11(16)13(7-9)6-8-1-3-17-4-2-8/h5,7-8H,1-4,6H2,(H,14,15). The second-order valence-electron chi connectivity index (χ2n) is 4.14. The molecule has 6 heteroatoms. The van der Waals surface area contributed by atoms with Gasteiger partial charge in [0.1, 0.15) is 0 Å². The molecule has 6 nitrogen and oxygen atoms in total. The Hall–Kier alpha value is -1.69. The third-order valence-electron chi connectivity index (χ3n) is 2.90. The summed E-state index contributed by atoms with van der Waals surface area (Å²) in [7, 11) is 0. The Morgan fingerprint density at radius 3 is 2.88 bits per heavy atom. The monoisotopic (exact) mass is 238 g/mol. The molecule has 1 saturated heterocycles. The quantitative estimate of drug-likeness (QED) is 0.822. The lowest BCUT2D eigenvalue weighted by atomic mass is 10.0. The van der Waals surface area contributed by atoms with E-state index >= 15 is 0 Å². The van der Waals surface area contributed by atoms with Crippen LogP contribution in [0.25, 0.3) is 0 Å². The van der Waals surface area contributed by atoms with Crippen LogP contribution in [0.5, 0.6) is 0 Å². The minimum Gasteiger partial charge on any atom is -0.478 e. The maximum absolute atomic E-state index is 11.5. The number of rotatable bonds is 3. The van der Waals surface area contributed by atoms with Crippen molar-refractivity contribution in [3.8, 4) is 0 Å². The normalized spacial score (nSPS) is 16.9. The highest BCUT2D eigenvalue weighted by Crippen LogP contribution is 2.16. The molecule has 0 bridgehead atoms. The Bertz CT molecular complexity index is 463. The van der Waals surface area contributed by atoms with E-state index < -0.39 is 11.7 Å². The lowest BCUT2D eigenvalue weighted by Crippen LogP contribution is -2.29. The number of aromatic carboxylic acids is 1. The van der Waals surface area contributed by atoms with Gasteiger partial charge in [0.15, 0.2) is 0 Å². The molecule has 0 unspecified atom stereocenters. The lowest BCUT2D eigenvalue weighted by Gasteiger charge is -2.22. The van der Waals surface area contributed by atoms with Crippen LogP contribution in [0.1, 0.15) is 23.2 Å². The van der Waals surface area contributed by atoms with E-state index in [0.717, 1.165) is 19.0 Å². The summed E-state index contributed by atoms with van der Waals surface area (Å²) in [6.07, 6.45) is 4.23. The number of ether oxygens (including phenoxy) is 1. The van der Waals surface area contributed by atoms with Crippen LogP contribution in [0.2, 0.25) is 0 Å². The average Bonchev–Trinajstić information content (AvgIpc) is 2.33. The molecule has 1 aliphatic rings. The van der Waals surface area contributed by atoms with E-state index in [9.17, 15) is 9.59 Å². The van der Waals surface area contributed by atoms with Gasteiger partial charge in [-0.2, -0.15) is 0 Å². The summed E-state index contributed by atoms with van der Waals surface area (Å²) in [6.45, 7) is 1.91. The van der Waals surface area contributed by atoms with Gasteiger partial charge in [-0.25, -0.2) is 14.6 Å². The summed E-state index contributed by atoms with van der Waals surface area (Å²) in [5.41, 5.74) is -0.363. The number of hydrogen-bond donors (Lipinski definition) is 1. The molecule has 2 heterocycles. The summed E-state index contributed by atoms with van der Waals surface area (Å²) >= 11 is 0. The van der Waals surface area contributed by atoms with Gasteiger partial charge in [0.2, 0.25) is 0 Å². The molecule has 0 atom stereocenters. The van der Waals surface area contributed by atoms with Crippen LogP contribution in [0.4, 0.5) is 0 Å². The second kappa shape index (κ2) is 5.09. The van der Waals surface area contributed by atoms with Crippen molar-refractivity contribution in [1.29, 1.82) is 0 Å². The fourth-order valence-corrected chi connectivity index (χ4v) is 1.90. The number of aromatic nitrogens is 2. The highest BCUT2D eigenvalue weighted by atomic mass is 16.5. The zero-order chi connectivity index (χ0) is 12.3. The maximum atomic E-state index is 11.5. The largest absolute Gasteiger partial charge is 0.478 e. The van der Waals surface area contributed by atoms with Gasteiger partial charge in [0.25, 0.3) is 0 Å². The highest BCUT2D eigenvalue weighted by molar-refractivity contribution is 5.86. The molecule has 0 aliphatic carbocycles. The molecular formula is C11H14N2O4. The van der Waals surface area contributed by atoms with Gasteiger partial charge in [0, 0.05) is 32.2 Å². The number of carboxylic acid groups (broad SMARTS) is 1. The predicted molar refractivity (Wildman–Crippen MR) is 59.0 cm³/mol. The van der Waals surface area contributed by atoms with Gasteiger partial charge in [-0.1, -0.05) is 0 Å². The highest BCUT2D eigenvalue weighted by Gasteiger charge is 2.16. The molecule has 1 aliphatic heterocycles. The topological polar surface area (TPSA) is 81.4 Å². The molecule has 1 N–H and O–H groups in total. The first-order chi connectivity index (χ1) is 8.16. The first-order valence-corrected chi connectivity index (χ1v) is 5.54. The van der Waals surface area contributed by atoms with Crippen molar-refractivity contribution in [2.24, 2.45) is 5.92 Å². The van der Waals surface area contributed by atoms with E-state index in [0.29, 0.717) is 25.7 Å². The summed E-state index contributed by atoms with van der Waals surface area (Å²) < 4.78 is 6.61. The Kier molecular flexibility index (Phi) is 3.53. The minimum atomic E-state index is -1.07. The SMILES string of the molecule is O=C(O)c1cnc(=O)n(CC2CCOCC2)c1. The van der Waals surface area contributed by atoms with Gasteiger partial charge in [-0.3, -0.25) is 4.57 Å². The van der Waals surface area contributed by atoms with Gasteiger partial charge in [-0.05, 0) is 18.8 Å². The number of carboxylic acids is 1. The van der Waals surface area contributed by atoms with Crippen molar-refractivity contribution in [1.82, 2.24) is 9.55 Å². The molecule has 2 rings (SSSR count). The summed E-state index contributed by atoms with van der Waals surface area (Å²) in [6, 6.07) is 0. The summed E-state index contributed by atoms with van der Waals surface area (Å²) in [4.78, 5) is 25.8. The molecule has 92 valence electrons. The van der Waals surface area contributed by atoms with E-state index in [1.54, 1.807) is 0 Å². The van der Waals surface area contributed by atoms with Crippen LogP contribution in [-0.2, 0) is 11.3 Å². The van der Waals surface area contributed by atoms with Crippen molar-refractivity contribution in [3.63, 3.8) is 0 Å². The lowest BCUT2D eigenvalue weighted by molar-refractivity contribution is 0.0604. The zero-order valence-corrected chi connectivity index (χ0v) is 9.33. The van der Waals surface area contributed by atoms with Crippen LogP contribution < -0.4 is 5.69 Å². The molecule has 0 saturated carbocycles. The van der Waals surface area contributed by atoms with Crippen LogP contribution in [0.15, 0.2) is 17.2 Å². The van der Waals surface area contributed by atoms with Gasteiger partial charge in [0.05, 0.1) is 5.56 Å². The van der Waals surface area contributed by atoms with Crippen molar-refractivity contribution in [2.45, 2.75) is 19.4 Å². The minimum absolute atomic E-state index is 0.0386. The molecule has 0 spiro atoms. The van der Waals surface area contributed by atoms with E-state index in [1.165, 1.54) is 10.8 Å².